The normalized spacial score (nSPS) is 10.5. The van der Waals surface area contributed by atoms with Crippen LogP contribution in [0.25, 0.3) is 5.69 Å². The molecule has 1 N–H and O–H groups in total. The van der Waals surface area contributed by atoms with Crippen molar-refractivity contribution in [3.05, 3.63) is 59.1 Å². The average molecular weight is 418 g/mol. The second-order valence-corrected chi connectivity index (χ2v) is 6.81. The van der Waals surface area contributed by atoms with Gasteiger partial charge in [0.25, 0.3) is 0 Å². The molecule has 0 spiro atoms. The molecular weight excluding hydrogens is 402 g/mol. The van der Waals surface area contributed by atoms with Crippen molar-refractivity contribution >= 4 is 40.9 Å². The molecule has 1 amide bonds. The number of aromatic nitrogens is 4. The maximum atomic E-state index is 12.2. The Morgan fingerprint density at radius 3 is 2.64 bits per heavy atom. The van der Waals surface area contributed by atoms with E-state index in [1.54, 1.807) is 43.3 Å². The molecule has 0 radical (unpaired) electrons. The Balaban J connectivity index is 1.59. The van der Waals surface area contributed by atoms with E-state index < -0.39 is 5.97 Å². The maximum absolute atomic E-state index is 12.2. The summed E-state index contributed by atoms with van der Waals surface area (Å²) in [5.74, 6) is -0.533. The molecular formula is C18H16ClN5O3S. The Morgan fingerprint density at radius 2 is 1.93 bits per heavy atom. The summed E-state index contributed by atoms with van der Waals surface area (Å²) in [6, 6.07) is 13.6. The number of thioether (sulfide) groups is 1. The van der Waals surface area contributed by atoms with E-state index in [-0.39, 0.29) is 11.7 Å². The second kappa shape index (κ2) is 9.34. The molecule has 144 valence electrons. The van der Waals surface area contributed by atoms with Crippen LogP contribution in [0, 0.1) is 0 Å². The molecule has 0 fully saturated rings. The van der Waals surface area contributed by atoms with Crippen molar-refractivity contribution in [2.24, 2.45) is 0 Å². The Labute approximate surface area is 170 Å². The van der Waals surface area contributed by atoms with Crippen LogP contribution in [-0.4, -0.2) is 44.4 Å². The van der Waals surface area contributed by atoms with Crippen molar-refractivity contribution < 1.29 is 14.3 Å². The molecule has 0 unspecified atom stereocenters. The highest BCUT2D eigenvalue weighted by Crippen LogP contribution is 2.24. The molecule has 3 rings (SSSR count). The smallest absolute Gasteiger partial charge is 0.338 e. The highest BCUT2D eigenvalue weighted by molar-refractivity contribution is 7.99. The van der Waals surface area contributed by atoms with Gasteiger partial charge in [-0.1, -0.05) is 35.5 Å². The minimum atomic E-state index is -0.401. The average Bonchev–Trinajstić information content (AvgIpc) is 3.16. The molecule has 0 saturated heterocycles. The number of nitrogens with one attached hydrogen (secondary N) is 1. The van der Waals surface area contributed by atoms with Gasteiger partial charge in [0, 0.05) is 5.69 Å². The molecule has 1 aromatic heterocycles. The molecule has 10 heteroatoms. The quantitative estimate of drug-likeness (QED) is 0.465. The molecule has 8 nitrogen and oxygen atoms in total. The number of halogens is 1. The van der Waals surface area contributed by atoms with E-state index in [4.69, 9.17) is 16.3 Å². The molecule has 0 saturated carbocycles. The molecule has 28 heavy (non-hydrogen) atoms. The first kappa shape index (κ1) is 19.8. The summed E-state index contributed by atoms with van der Waals surface area (Å²) in [4.78, 5) is 23.9. The van der Waals surface area contributed by atoms with E-state index in [0.717, 1.165) is 0 Å². The lowest BCUT2D eigenvalue weighted by atomic mass is 10.2. The lowest BCUT2D eigenvalue weighted by Gasteiger charge is -2.07. The number of benzene rings is 2. The second-order valence-electron chi connectivity index (χ2n) is 5.46. The van der Waals surface area contributed by atoms with Crippen molar-refractivity contribution in [3.63, 3.8) is 0 Å². The van der Waals surface area contributed by atoms with Crippen LogP contribution in [0.4, 0.5) is 5.69 Å². The van der Waals surface area contributed by atoms with E-state index in [0.29, 0.717) is 33.7 Å². The standard InChI is InChI=1S/C18H16ClN5O3S/c1-2-27-17(26)12-7-9-13(10-8-12)20-16(25)11-28-18-21-22-23-24(18)15-6-4-3-5-14(15)19/h3-10H,2,11H2,1H3,(H,20,25). The number of anilines is 1. The summed E-state index contributed by atoms with van der Waals surface area (Å²) in [5, 5.41) is 15.2. The monoisotopic (exact) mass is 417 g/mol. The zero-order valence-corrected chi connectivity index (χ0v) is 16.4. The zero-order chi connectivity index (χ0) is 19.9. The van der Waals surface area contributed by atoms with Gasteiger partial charge in [0.1, 0.15) is 0 Å². The topological polar surface area (TPSA) is 99.0 Å². The van der Waals surface area contributed by atoms with Gasteiger partial charge in [-0.2, -0.15) is 4.68 Å². The molecule has 0 aliphatic rings. The van der Waals surface area contributed by atoms with Gasteiger partial charge >= 0.3 is 5.97 Å². The number of ether oxygens (including phenoxy) is 1. The summed E-state index contributed by atoms with van der Waals surface area (Å²) in [5.41, 5.74) is 1.63. The first-order valence-electron chi connectivity index (χ1n) is 8.31. The van der Waals surface area contributed by atoms with Gasteiger partial charge in [0.2, 0.25) is 11.1 Å². The van der Waals surface area contributed by atoms with Crippen LogP contribution in [0.1, 0.15) is 17.3 Å². The van der Waals surface area contributed by atoms with E-state index in [1.165, 1.54) is 16.4 Å². The number of rotatable bonds is 7. The lowest BCUT2D eigenvalue weighted by molar-refractivity contribution is -0.113. The SMILES string of the molecule is CCOC(=O)c1ccc(NC(=O)CSc2nnnn2-c2ccccc2Cl)cc1. The van der Waals surface area contributed by atoms with E-state index in [2.05, 4.69) is 20.8 Å². The van der Waals surface area contributed by atoms with Crippen molar-refractivity contribution in [2.45, 2.75) is 12.1 Å². The maximum Gasteiger partial charge on any atom is 0.338 e. The van der Waals surface area contributed by atoms with Crippen molar-refractivity contribution in [1.29, 1.82) is 0 Å². The van der Waals surface area contributed by atoms with Gasteiger partial charge in [-0.25, -0.2) is 4.79 Å². The van der Waals surface area contributed by atoms with Gasteiger partial charge < -0.3 is 10.1 Å². The number of nitrogens with zero attached hydrogens (tertiary/aromatic N) is 4. The van der Waals surface area contributed by atoms with Crippen LogP contribution in [0.2, 0.25) is 5.02 Å². The van der Waals surface area contributed by atoms with Crippen LogP contribution in [-0.2, 0) is 9.53 Å². The van der Waals surface area contributed by atoms with Gasteiger partial charge in [0.05, 0.1) is 28.6 Å². The fourth-order valence-electron chi connectivity index (χ4n) is 2.27. The molecule has 0 bridgehead atoms. The number of amides is 1. The van der Waals surface area contributed by atoms with Gasteiger partial charge in [0.15, 0.2) is 0 Å². The van der Waals surface area contributed by atoms with Crippen LogP contribution < -0.4 is 5.32 Å². The van der Waals surface area contributed by atoms with E-state index in [9.17, 15) is 9.59 Å². The summed E-state index contributed by atoms with van der Waals surface area (Å²) >= 11 is 7.36. The summed E-state index contributed by atoms with van der Waals surface area (Å²) in [6.07, 6.45) is 0. The van der Waals surface area contributed by atoms with Crippen LogP contribution in [0.3, 0.4) is 0 Å². The summed E-state index contributed by atoms with van der Waals surface area (Å²) < 4.78 is 6.41. The number of hydrogen-bond donors (Lipinski definition) is 1. The summed E-state index contributed by atoms with van der Waals surface area (Å²) in [6.45, 7) is 2.05. The number of carbonyl (C=O) groups excluding carboxylic acids is 2. The predicted octanol–water partition coefficient (Wildman–Crippen LogP) is 3.22. The van der Waals surface area contributed by atoms with Crippen LogP contribution in [0.5, 0.6) is 0 Å². The predicted molar refractivity (Wildman–Crippen MR) is 106 cm³/mol. The zero-order valence-electron chi connectivity index (χ0n) is 14.8. The van der Waals surface area contributed by atoms with Crippen LogP contribution >= 0.6 is 23.4 Å². The van der Waals surface area contributed by atoms with Gasteiger partial charge in [-0.15, -0.1) is 5.10 Å². The third kappa shape index (κ3) is 4.87. The van der Waals surface area contributed by atoms with E-state index in [1.807, 2.05) is 12.1 Å². The number of hydrogen-bond acceptors (Lipinski definition) is 7. The van der Waals surface area contributed by atoms with Crippen LogP contribution in [0.15, 0.2) is 53.7 Å². The highest BCUT2D eigenvalue weighted by atomic mass is 35.5. The van der Waals surface area contributed by atoms with Gasteiger partial charge in [-0.05, 0) is 53.7 Å². The Morgan fingerprint density at radius 1 is 1.18 bits per heavy atom. The number of tetrazole rings is 1. The minimum Gasteiger partial charge on any atom is -0.462 e. The summed E-state index contributed by atoms with van der Waals surface area (Å²) in [7, 11) is 0. The highest BCUT2D eigenvalue weighted by Gasteiger charge is 2.14. The number of para-hydroxylation sites is 1. The number of carbonyl (C=O) groups is 2. The molecule has 0 atom stereocenters. The number of esters is 1. The molecule has 0 aliphatic heterocycles. The van der Waals surface area contributed by atoms with Gasteiger partial charge in [-0.3, -0.25) is 4.79 Å². The lowest BCUT2D eigenvalue weighted by Crippen LogP contribution is -2.15. The molecule has 1 heterocycles. The third-order valence-electron chi connectivity index (χ3n) is 3.53. The Kier molecular flexibility index (Phi) is 6.62. The molecule has 3 aromatic rings. The molecule has 0 aliphatic carbocycles. The first-order valence-corrected chi connectivity index (χ1v) is 9.68. The minimum absolute atomic E-state index is 0.102. The fraction of sp³-hybridized carbons (Fsp3) is 0.167. The Hall–Kier alpha value is -2.91. The first-order chi connectivity index (χ1) is 13.6. The third-order valence-corrected chi connectivity index (χ3v) is 4.77. The largest absolute Gasteiger partial charge is 0.462 e. The van der Waals surface area contributed by atoms with Crippen molar-refractivity contribution in [1.82, 2.24) is 20.2 Å². The Bertz CT molecular complexity index is 977. The fourth-order valence-corrected chi connectivity index (χ4v) is 3.17. The van der Waals surface area contributed by atoms with Crippen molar-refractivity contribution in [2.75, 3.05) is 17.7 Å². The molecule has 2 aromatic carbocycles. The van der Waals surface area contributed by atoms with E-state index >= 15 is 0 Å². The van der Waals surface area contributed by atoms with Crippen molar-refractivity contribution in [3.8, 4) is 5.69 Å².